The highest BCUT2D eigenvalue weighted by atomic mass is 32.2. The molecule has 1 aromatic carbocycles. The first-order valence-corrected chi connectivity index (χ1v) is 9.37. The molecule has 0 saturated heterocycles. The predicted octanol–water partition coefficient (Wildman–Crippen LogP) is 5.16. The van der Waals surface area contributed by atoms with E-state index >= 15 is 0 Å². The highest BCUT2D eigenvalue weighted by Crippen LogP contribution is 2.34. The first-order chi connectivity index (χ1) is 10.3. The third kappa shape index (κ3) is 3.90. The molecule has 0 atom stereocenters. The second-order valence-corrected chi connectivity index (χ2v) is 7.95. The number of hydrogen-bond acceptors (Lipinski definition) is 6. The average Bonchev–Trinajstić information content (AvgIpc) is 3.16. The molecule has 108 valence electrons. The van der Waals surface area contributed by atoms with Gasteiger partial charge in [0.25, 0.3) is 0 Å². The standard InChI is InChI=1S/C15H15N3S3/c1-2-3-9-13-17-18-15(20-13)21-14-16-12(10-19-14)11-7-5-4-6-8-11/h4-8,10H,2-3,9H2,1H3. The van der Waals surface area contributed by atoms with Gasteiger partial charge in [0.2, 0.25) is 0 Å². The molecular formula is C15H15N3S3. The van der Waals surface area contributed by atoms with Crippen LogP contribution in [-0.2, 0) is 6.42 Å². The van der Waals surface area contributed by atoms with Crippen LogP contribution in [0, 0.1) is 0 Å². The van der Waals surface area contributed by atoms with Gasteiger partial charge in [-0.3, -0.25) is 0 Å². The summed E-state index contributed by atoms with van der Waals surface area (Å²) in [6.45, 7) is 2.19. The Balaban J connectivity index is 1.68. The minimum absolute atomic E-state index is 0.982. The summed E-state index contributed by atoms with van der Waals surface area (Å²) in [4.78, 5) is 4.67. The van der Waals surface area contributed by atoms with Crippen LogP contribution >= 0.6 is 34.4 Å². The molecule has 0 amide bonds. The zero-order chi connectivity index (χ0) is 14.5. The van der Waals surface area contributed by atoms with Crippen molar-refractivity contribution in [2.45, 2.75) is 34.9 Å². The van der Waals surface area contributed by atoms with Crippen LogP contribution in [0.4, 0.5) is 0 Å². The monoisotopic (exact) mass is 333 g/mol. The van der Waals surface area contributed by atoms with Crippen molar-refractivity contribution < 1.29 is 0 Å². The van der Waals surface area contributed by atoms with E-state index in [1.807, 2.05) is 18.2 Å². The number of rotatable bonds is 6. The molecule has 0 saturated carbocycles. The number of aryl methyl sites for hydroxylation is 1. The van der Waals surface area contributed by atoms with Crippen LogP contribution in [0.3, 0.4) is 0 Å². The second kappa shape index (κ2) is 7.15. The van der Waals surface area contributed by atoms with Gasteiger partial charge in [-0.25, -0.2) is 4.98 Å². The van der Waals surface area contributed by atoms with Crippen molar-refractivity contribution in [3.05, 3.63) is 40.7 Å². The largest absolute Gasteiger partial charge is 0.229 e. The van der Waals surface area contributed by atoms with Crippen LogP contribution in [0.15, 0.2) is 44.4 Å². The minimum Gasteiger partial charge on any atom is -0.229 e. The zero-order valence-corrected chi connectivity index (χ0v) is 14.1. The molecule has 0 N–H and O–H groups in total. The summed E-state index contributed by atoms with van der Waals surface area (Å²) in [7, 11) is 0. The van der Waals surface area contributed by atoms with E-state index in [9.17, 15) is 0 Å². The molecule has 3 nitrogen and oxygen atoms in total. The van der Waals surface area contributed by atoms with E-state index in [1.54, 1.807) is 34.4 Å². The zero-order valence-electron chi connectivity index (χ0n) is 11.7. The molecule has 0 spiro atoms. The Labute approximate surface area is 136 Å². The molecule has 0 aliphatic heterocycles. The van der Waals surface area contributed by atoms with Crippen LogP contribution in [0.1, 0.15) is 24.8 Å². The van der Waals surface area contributed by atoms with Crippen molar-refractivity contribution in [1.82, 2.24) is 15.2 Å². The van der Waals surface area contributed by atoms with Crippen molar-refractivity contribution in [3.8, 4) is 11.3 Å². The molecule has 0 unspecified atom stereocenters. The average molecular weight is 334 g/mol. The van der Waals surface area contributed by atoms with Gasteiger partial charge >= 0.3 is 0 Å². The molecule has 6 heteroatoms. The smallest absolute Gasteiger partial charge is 0.181 e. The Morgan fingerprint density at radius 3 is 2.76 bits per heavy atom. The Morgan fingerprint density at radius 2 is 1.95 bits per heavy atom. The lowest BCUT2D eigenvalue weighted by molar-refractivity contribution is 0.777. The summed E-state index contributed by atoms with van der Waals surface area (Å²) < 4.78 is 2.00. The third-order valence-electron chi connectivity index (χ3n) is 2.92. The molecule has 0 radical (unpaired) electrons. The molecule has 0 fully saturated rings. The Hall–Kier alpha value is -1.24. The van der Waals surface area contributed by atoms with Gasteiger partial charge < -0.3 is 0 Å². The quantitative estimate of drug-likeness (QED) is 0.625. The highest BCUT2D eigenvalue weighted by Gasteiger charge is 2.10. The molecule has 2 heterocycles. The molecule has 21 heavy (non-hydrogen) atoms. The fourth-order valence-corrected chi connectivity index (χ4v) is 4.79. The van der Waals surface area contributed by atoms with E-state index < -0.39 is 0 Å². The fourth-order valence-electron chi connectivity index (χ4n) is 1.83. The van der Waals surface area contributed by atoms with Crippen molar-refractivity contribution in [2.75, 3.05) is 0 Å². The lowest BCUT2D eigenvalue weighted by Crippen LogP contribution is -1.81. The van der Waals surface area contributed by atoms with E-state index in [0.717, 1.165) is 31.4 Å². The molecule has 0 bridgehead atoms. The highest BCUT2D eigenvalue weighted by molar-refractivity contribution is 8.02. The maximum atomic E-state index is 4.67. The van der Waals surface area contributed by atoms with Crippen molar-refractivity contribution >= 4 is 34.4 Å². The van der Waals surface area contributed by atoms with Crippen LogP contribution in [0.2, 0.25) is 0 Å². The lowest BCUT2D eigenvalue weighted by Gasteiger charge is -1.94. The predicted molar refractivity (Wildman–Crippen MR) is 90.2 cm³/mol. The summed E-state index contributed by atoms with van der Waals surface area (Å²) in [5, 5.41) is 11.7. The van der Waals surface area contributed by atoms with Gasteiger partial charge in [-0.1, -0.05) is 55.0 Å². The van der Waals surface area contributed by atoms with Gasteiger partial charge in [0.1, 0.15) is 5.01 Å². The van der Waals surface area contributed by atoms with Crippen LogP contribution in [-0.4, -0.2) is 15.2 Å². The maximum absolute atomic E-state index is 4.67. The molecule has 3 rings (SSSR count). The van der Waals surface area contributed by atoms with Gasteiger partial charge in [0.15, 0.2) is 8.68 Å². The normalized spacial score (nSPS) is 10.9. The lowest BCUT2D eigenvalue weighted by atomic mass is 10.2. The van der Waals surface area contributed by atoms with E-state index in [-0.39, 0.29) is 0 Å². The molecule has 2 aromatic heterocycles. The molecule has 0 aliphatic rings. The number of aromatic nitrogens is 3. The number of hydrogen-bond donors (Lipinski definition) is 0. The van der Waals surface area contributed by atoms with Crippen LogP contribution in [0.5, 0.6) is 0 Å². The Kier molecular flexibility index (Phi) is 5.00. The van der Waals surface area contributed by atoms with Crippen molar-refractivity contribution in [2.24, 2.45) is 0 Å². The summed E-state index contributed by atoms with van der Waals surface area (Å²) >= 11 is 4.95. The van der Waals surface area contributed by atoms with Crippen LogP contribution < -0.4 is 0 Å². The van der Waals surface area contributed by atoms with Crippen LogP contribution in [0.25, 0.3) is 11.3 Å². The second-order valence-electron chi connectivity index (χ2n) is 4.53. The Bertz CT molecular complexity index is 691. The number of thiazole rings is 1. The first kappa shape index (κ1) is 14.7. The van der Waals surface area contributed by atoms with Gasteiger partial charge in [0, 0.05) is 17.4 Å². The summed E-state index contributed by atoms with van der Waals surface area (Å²) in [6.07, 6.45) is 3.39. The summed E-state index contributed by atoms with van der Waals surface area (Å²) in [5.74, 6) is 0. The van der Waals surface area contributed by atoms with E-state index in [0.29, 0.717) is 0 Å². The first-order valence-electron chi connectivity index (χ1n) is 6.86. The molecule has 0 aliphatic carbocycles. The van der Waals surface area contributed by atoms with Gasteiger partial charge in [-0.2, -0.15) is 0 Å². The van der Waals surface area contributed by atoms with Gasteiger partial charge in [-0.15, -0.1) is 21.5 Å². The van der Waals surface area contributed by atoms with Gasteiger partial charge in [0.05, 0.1) is 5.69 Å². The van der Waals surface area contributed by atoms with E-state index in [1.165, 1.54) is 12.8 Å². The number of unbranched alkanes of at least 4 members (excludes halogenated alkanes) is 1. The van der Waals surface area contributed by atoms with E-state index in [2.05, 4.69) is 39.6 Å². The SMILES string of the molecule is CCCCc1nnc(Sc2nc(-c3ccccc3)cs2)s1. The summed E-state index contributed by atoms with van der Waals surface area (Å²) in [6, 6.07) is 10.2. The van der Waals surface area contributed by atoms with E-state index in [4.69, 9.17) is 0 Å². The number of nitrogens with zero attached hydrogens (tertiary/aromatic N) is 3. The van der Waals surface area contributed by atoms with Gasteiger partial charge in [-0.05, 0) is 18.2 Å². The van der Waals surface area contributed by atoms with Crippen molar-refractivity contribution in [3.63, 3.8) is 0 Å². The molecular weight excluding hydrogens is 318 g/mol. The minimum atomic E-state index is 0.982. The molecule has 3 aromatic rings. The maximum Gasteiger partial charge on any atom is 0.181 e. The summed E-state index contributed by atoms with van der Waals surface area (Å²) in [5.41, 5.74) is 2.18. The topological polar surface area (TPSA) is 38.7 Å². The fraction of sp³-hybridized carbons (Fsp3) is 0.267. The Morgan fingerprint density at radius 1 is 1.10 bits per heavy atom. The van der Waals surface area contributed by atoms with Crippen molar-refractivity contribution in [1.29, 1.82) is 0 Å². The number of benzene rings is 1. The third-order valence-corrected chi connectivity index (χ3v) is 5.89.